The molecule has 0 bridgehead atoms. The average molecular weight is 275 g/mol. The van der Waals surface area contributed by atoms with Gasteiger partial charge in [-0.15, -0.1) is 11.6 Å². The Balaban J connectivity index is 1.80. The molecule has 0 radical (unpaired) electrons. The highest BCUT2D eigenvalue weighted by atomic mass is 35.5. The van der Waals surface area contributed by atoms with Crippen molar-refractivity contribution in [3.05, 3.63) is 42.1 Å². The first-order valence-corrected chi connectivity index (χ1v) is 6.97. The van der Waals surface area contributed by atoms with Gasteiger partial charge in [-0.3, -0.25) is 9.78 Å². The highest BCUT2D eigenvalue weighted by Crippen LogP contribution is 2.22. The molecule has 19 heavy (non-hydrogen) atoms. The summed E-state index contributed by atoms with van der Waals surface area (Å²) in [4.78, 5) is 18.1. The van der Waals surface area contributed by atoms with Crippen LogP contribution in [-0.4, -0.2) is 28.2 Å². The van der Waals surface area contributed by atoms with Crippen LogP contribution in [0.1, 0.15) is 12.0 Å². The molecule has 2 aromatic rings. The third-order valence-electron chi connectivity index (χ3n) is 3.55. The Hall–Kier alpha value is -1.61. The average Bonchev–Trinajstić information content (AvgIpc) is 2.79. The third kappa shape index (κ3) is 2.56. The summed E-state index contributed by atoms with van der Waals surface area (Å²) < 4.78 is 0. The highest BCUT2D eigenvalue weighted by Gasteiger charge is 2.28. The van der Waals surface area contributed by atoms with Crippen LogP contribution >= 0.6 is 11.6 Å². The van der Waals surface area contributed by atoms with E-state index in [1.165, 1.54) is 0 Å². The van der Waals surface area contributed by atoms with E-state index in [9.17, 15) is 4.79 Å². The van der Waals surface area contributed by atoms with E-state index in [1.807, 2.05) is 29.2 Å². The van der Waals surface area contributed by atoms with Crippen molar-refractivity contribution in [2.24, 2.45) is 5.92 Å². The fourth-order valence-electron chi connectivity index (χ4n) is 2.55. The van der Waals surface area contributed by atoms with E-state index in [-0.39, 0.29) is 5.91 Å². The minimum absolute atomic E-state index is 0.205. The molecular weight excluding hydrogens is 260 g/mol. The molecule has 1 atom stereocenters. The van der Waals surface area contributed by atoms with Gasteiger partial charge in [0, 0.05) is 37.0 Å². The van der Waals surface area contributed by atoms with E-state index in [2.05, 4.69) is 11.1 Å². The second-order valence-corrected chi connectivity index (χ2v) is 5.34. The smallest absolute Gasteiger partial charge is 0.223 e. The van der Waals surface area contributed by atoms with Crippen molar-refractivity contribution in [2.75, 3.05) is 12.4 Å². The summed E-state index contributed by atoms with van der Waals surface area (Å²) >= 11 is 5.83. The van der Waals surface area contributed by atoms with Crippen LogP contribution in [0.4, 0.5) is 0 Å². The molecule has 1 aromatic carbocycles. The topological polar surface area (TPSA) is 33.2 Å². The lowest BCUT2D eigenvalue weighted by atomic mass is 10.1. The van der Waals surface area contributed by atoms with E-state index in [1.54, 1.807) is 6.20 Å². The summed E-state index contributed by atoms with van der Waals surface area (Å²) in [5.41, 5.74) is 2.13. The van der Waals surface area contributed by atoms with Crippen molar-refractivity contribution in [3.63, 3.8) is 0 Å². The molecule has 2 heterocycles. The molecule has 1 unspecified atom stereocenters. The van der Waals surface area contributed by atoms with Crippen LogP contribution in [0.3, 0.4) is 0 Å². The molecule has 1 aromatic heterocycles. The number of aromatic nitrogens is 1. The SMILES string of the molecule is O=C1CC(CCl)CN1Cc1ccc2ncccc2c1. The van der Waals surface area contributed by atoms with Gasteiger partial charge in [0.1, 0.15) is 0 Å². The lowest BCUT2D eigenvalue weighted by molar-refractivity contribution is -0.128. The number of halogens is 1. The van der Waals surface area contributed by atoms with Crippen molar-refractivity contribution in [1.82, 2.24) is 9.88 Å². The monoisotopic (exact) mass is 274 g/mol. The molecule has 1 aliphatic heterocycles. The number of hydrogen-bond acceptors (Lipinski definition) is 2. The highest BCUT2D eigenvalue weighted by molar-refractivity contribution is 6.18. The normalized spacial score (nSPS) is 19.3. The van der Waals surface area contributed by atoms with Crippen LogP contribution in [0, 0.1) is 5.92 Å². The lowest BCUT2D eigenvalue weighted by Gasteiger charge is -2.16. The molecule has 1 aliphatic rings. The summed E-state index contributed by atoms with van der Waals surface area (Å²) in [6.45, 7) is 1.43. The number of carbonyl (C=O) groups excluding carboxylic acids is 1. The Kier molecular flexibility index (Phi) is 3.38. The summed E-state index contributed by atoms with van der Waals surface area (Å²) in [6.07, 6.45) is 2.37. The predicted octanol–water partition coefficient (Wildman–Crippen LogP) is 2.82. The Morgan fingerprint density at radius 2 is 2.26 bits per heavy atom. The minimum atomic E-state index is 0.205. The predicted molar refractivity (Wildman–Crippen MR) is 76.0 cm³/mol. The molecule has 0 aliphatic carbocycles. The molecule has 1 saturated heterocycles. The summed E-state index contributed by atoms with van der Waals surface area (Å²) in [6, 6.07) is 10.1. The van der Waals surface area contributed by atoms with Crippen molar-refractivity contribution in [1.29, 1.82) is 0 Å². The maximum Gasteiger partial charge on any atom is 0.223 e. The number of hydrogen-bond donors (Lipinski definition) is 0. The quantitative estimate of drug-likeness (QED) is 0.807. The van der Waals surface area contributed by atoms with Gasteiger partial charge < -0.3 is 4.90 Å². The van der Waals surface area contributed by atoms with Crippen molar-refractivity contribution < 1.29 is 4.79 Å². The molecule has 0 spiro atoms. The van der Waals surface area contributed by atoms with E-state index in [0.717, 1.165) is 23.0 Å². The second-order valence-electron chi connectivity index (χ2n) is 5.03. The number of fused-ring (bicyclic) bond motifs is 1. The molecule has 1 fully saturated rings. The molecule has 1 amide bonds. The molecule has 4 heteroatoms. The second kappa shape index (κ2) is 5.17. The van der Waals surface area contributed by atoms with Gasteiger partial charge >= 0.3 is 0 Å². The van der Waals surface area contributed by atoms with Gasteiger partial charge in [0.15, 0.2) is 0 Å². The largest absolute Gasteiger partial charge is 0.338 e. The zero-order valence-electron chi connectivity index (χ0n) is 10.6. The summed E-state index contributed by atoms with van der Waals surface area (Å²) in [5, 5.41) is 1.11. The van der Waals surface area contributed by atoms with E-state index < -0.39 is 0 Å². The van der Waals surface area contributed by atoms with Gasteiger partial charge in [-0.1, -0.05) is 12.1 Å². The van der Waals surface area contributed by atoms with Crippen LogP contribution in [0.2, 0.25) is 0 Å². The van der Waals surface area contributed by atoms with Crippen LogP contribution in [0.5, 0.6) is 0 Å². The third-order valence-corrected chi connectivity index (χ3v) is 3.99. The number of likely N-dealkylation sites (tertiary alicyclic amines) is 1. The molecule has 3 nitrogen and oxygen atoms in total. The standard InChI is InChI=1S/C15H15ClN2O/c16-8-12-7-15(19)18(10-12)9-11-3-4-14-13(6-11)2-1-5-17-14/h1-6,12H,7-10H2. The fraction of sp³-hybridized carbons (Fsp3) is 0.333. The van der Waals surface area contributed by atoms with E-state index in [4.69, 9.17) is 11.6 Å². The van der Waals surface area contributed by atoms with E-state index >= 15 is 0 Å². The number of alkyl halides is 1. The Labute approximate surface area is 117 Å². The van der Waals surface area contributed by atoms with Crippen LogP contribution < -0.4 is 0 Å². The first-order valence-electron chi connectivity index (χ1n) is 6.43. The van der Waals surface area contributed by atoms with Gasteiger partial charge in [0.25, 0.3) is 0 Å². The molecular formula is C15H15ClN2O. The van der Waals surface area contributed by atoms with Gasteiger partial charge in [0.2, 0.25) is 5.91 Å². The lowest BCUT2D eigenvalue weighted by Crippen LogP contribution is -2.24. The maximum atomic E-state index is 11.9. The number of carbonyl (C=O) groups is 1. The van der Waals surface area contributed by atoms with Crippen molar-refractivity contribution in [2.45, 2.75) is 13.0 Å². The van der Waals surface area contributed by atoms with Crippen LogP contribution in [0.25, 0.3) is 10.9 Å². The van der Waals surface area contributed by atoms with Crippen molar-refractivity contribution in [3.8, 4) is 0 Å². The first kappa shape index (κ1) is 12.4. The zero-order chi connectivity index (χ0) is 13.2. The van der Waals surface area contributed by atoms with Gasteiger partial charge in [-0.25, -0.2) is 0 Å². The number of amides is 1. The van der Waals surface area contributed by atoms with Crippen LogP contribution in [0.15, 0.2) is 36.5 Å². The summed E-state index contributed by atoms with van der Waals surface area (Å²) in [5.74, 6) is 1.07. The number of benzene rings is 1. The number of nitrogens with zero attached hydrogens (tertiary/aromatic N) is 2. The van der Waals surface area contributed by atoms with Crippen LogP contribution in [-0.2, 0) is 11.3 Å². The van der Waals surface area contributed by atoms with Gasteiger partial charge in [-0.2, -0.15) is 0 Å². The zero-order valence-corrected chi connectivity index (χ0v) is 11.3. The fourth-order valence-corrected chi connectivity index (χ4v) is 2.76. The van der Waals surface area contributed by atoms with Gasteiger partial charge in [0.05, 0.1) is 5.52 Å². The van der Waals surface area contributed by atoms with Crippen molar-refractivity contribution >= 4 is 28.4 Å². The number of rotatable bonds is 3. The number of pyridine rings is 1. The summed E-state index contributed by atoms with van der Waals surface area (Å²) in [7, 11) is 0. The molecule has 98 valence electrons. The maximum absolute atomic E-state index is 11.9. The molecule has 3 rings (SSSR count). The molecule has 0 N–H and O–H groups in total. The Bertz CT molecular complexity index is 614. The van der Waals surface area contributed by atoms with E-state index in [0.29, 0.717) is 24.8 Å². The Morgan fingerprint density at radius 1 is 1.37 bits per heavy atom. The Morgan fingerprint density at radius 3 is 3.05 bits per heavy atom. The first-order chi connectivity index (χ1) is 9.26. The van der Waals surface area contributed by atoms with Gasteiger partial charge in [-0.05, 0) is 29.7 Å². The molecule has 0 saturated carbocycles. The minimum Gasteiger partial charge on any atom is -0.338 e.